The molecule has 1 aliphatic heterocycles. The summed E-state index contributed by atoms with van der Waals surface area (Å²) in [4.78, 5) is 16.6. The molecule has 0 spiro atoms. The number of rotatable bonds is 5. The molecule has 21 heavy (non-hydrogen) atoms. The van der Waals surface area contributed by atoms with Gasteiger partial charge in [-0.25, -0.2) is 0 Å². The van der Waals surface area contributed by atoms with E-state index in [1.54, 1.807) is 23.4 Å². The van der Waals surface area contributed by atoms with Gasteiger partial charge in [-0.3, -0.25) is 19.3 Å². The summed E-state index contributed by atoms with van der Waals surface area (Å²) >= 11 is 0. The van der Waals surface area contributed by atoms with E-state index >= 15 is 0 Å². The van der Waals surface area contributed by atoms with Gasteiger partial charge in [0, 0.05) is 26.2 Å². The fourth-order valence-electron chi connectivity index (χ4n) is 3.02. The molecule has 0 aliphatic carbocycles. The van der Waals surface area contributed by atoms with Gasteiger partial charge in [-0.15, -0.1) is 0 Å². The Kier molecular flexibility index (Phi) is 4.39. The molecule has 1 aromatic rings. The average Bonchev–Trinajstić information content (AvgIpc) is 2.88. The van der Waals surface area contributed by atoms with Crippen LogP contribution >= 0.6 is 0 Å². The Morgan fingerprint density at radius 3 is 2.67 bits per heavy atom. The third-order valence-corrected chi connectivity index (χ3v) is 3.87. The lowest BCUT2D eigenvalue weighted by atomic mass is 10.1. The van der Waals surface area contributed by atoms with Crippen LogP contribution in [0.15, 0.2) is 6.07 Å². The number of anilines is 1. The van der Waals surface area contributed by atoms with Crippen LogP contribution in [-0.4, -0.2) is 57.0 Å². The molecule has 1 amide bonds. The number of aliphatic hydroxyl groups is 1. The van der Waals surface area contributed by atoms with E-state index in [4.69, 9.17) is 0 Å². The minimum atomic E-state index is -0.799. The summed E-state index contributed by atoms with van der Waals surface area (Å²) in [5.41, 5.74) is 0.111. The van der Waals surface area contributed by atoms with Crippen molar-refractivity contribution in [2.45, 2.75) is 45.8 Å². The summed E-state index contributed by atoms with van der Waals surface area (Å²) in [6.45, 7) is 9.44. The molecule has 1 saturated heterocycles. The minimum Gasteiger partial charge on any atom is -0.389 e. The topological polar surface area (TPSA) is 61.6 Å². The second-order valence-electron chi connectivity index (χ2n) is 6.44. The number of nitrogens with zero attached hydrogens (tertiary/aromatic N) is 4. The molecule has 1 N–H and O–H groups in total. The van der Waals surface area contributed by atoms with Crippen LogP contribution in [0.3, 0.4) is 0 Å². The first-order valence-electron chi connectivity index (χ1n) is 7.51. The van der Waals surface area contributed by atoms with Crippen LogP contribution in [0.1, 0.15) is 32.9 Å². The maximum atomic E-state index is 12.7. The molecule has 6 nitrogen and oxygen atoms in total. The predicted octanol–water partition coefficient (Wildman–Crippen LogP) is 0.927. The van der Waals surface area contributed by atoms with E-state index in [0.29, 0.717) is 13.1 Å². The number of aryl methyl sites for hydroxylation is 2. The second kappa shape index (κ2) is 5.77. The van der Waals surface area contributed by atoms with Crippen molar-refractivity contribution in [3.05, 3.63) is 11.8 Å². The molecule has 2 heterocycles. The average molecular weight is 294 g/mol. The zero-order valence-electron chi connectivity index (χ0n) is 13.6. The third-order valence-electron chi connectivity index (χ3n) is 3.87. The standard InChI is InChI=1S/C15H26N4O2/c1-6-18(10-15(3,4)21)12-7-8-19(14(12)20)13-9-11(2)16-17(13)5/h9,12,21H,6-8,10H2,1-5H3. The van der Waals surface area contributed by atoms with Gasteiger partial charge < -0.3 is 5.11 Å². The molecule has 0 saturated carbocycles. The predicted molar refractivity (Wildman–Crippen MR) is 82.2 cm³/mol. The van der Waals surface area contributed by atoms with Crippen molar-refractivity contribution in [2.24, 2.45) is 7.05 Å². The van der Waals surface area contributed by atoms with Crippen molar-refractivity contribution < 1.29 is 9.90 Å². The number of hydrogen-bond acceptors (Lipinski definition) is 4. The molecule has 0 bridgehead atoms. The van der Waals surface area contributed by atoms with Crippen LogP contribution in [0.5, 0.6) is 0 Å². The highest BCUT2D eigenvalue weighted by molar-refractivity contribution is 5.98. The molecule has 1 unspecified atom stereocenters. The lowest BCUT2D eigenvalue weighted by Crippen LogP contribution is -2.48. The van der Waals surface area contributed by atoms with Crippen molar-refractivity contribution >= 4 is 11.7 Å². The van der Waals surface area contributed by atoms with E-state index in [9.17, 15) is 9.90 Å². The number of amides is 1. The Morgan fingerprint density at radius 2 is 2.19 bits per heavy atom. The smallest absolute Gasteiger partial charge is 0.245 e. The van der Waals surface area contributed by atoms with Crippen molar-refractivity contribution in [3.63, 3.8) is 0 Å². The maximum absolute atomic E-state index is 12.7. The van der Waals surface area contributed by atoms with E-state index in [1.807, 2.05) is 27.0 Å². The van der Waals surface area contributed by atoms with Crippen molar-refractivity contribution in [1.82, 2.24) is 14.7 Å². The van der Waals surface area contributed by atoms with Gasteiger partial charge in [-0.2, -0.15) is 5.10 Å². The third kappa shape index (κ3) is 3.44. The molecule has 1 aliphatic rings. The van der Waals surface area contributed by atoms with Crippen LogP contribution < -0.4 is 4.90 Å². The lowest BCUT2D eigenvalue weighted by Gasteiger charge is -2.31. The fraction of sp³-hybridized carbons (Fsp3) is 0.733. The van der Waals surface area contributed by atoms with Crippen LogP contribution in [0.2, 0.25) is 0 Å². The molecule has 0 aromatic carbocycles. The Morgan fingerprint density at radius 1 is 1.52 bits per heavy atom. The molecule has 0 radical (unpaired) electrons. The molecule has 6 heteroatoms. The number of hydrogen-bond donors (Lipinski definition) is 1. The van der Waals surface area contributed by atoms with Crippen LogP contribution in [-0.2, 0) is 11.8 Å². The number of likely N-dealkylation sites (N-methyl/N-ethyl adjacent to an activating group) is 1. The van der Waals surface area contributed by atoms with E-state index in [1.165, 1.54) is 0 Å². The van der Waals surface area contributed by atoms with Gasteiger partial charge in [-0.1, -0.05) is 6.92 Å². The first-order valence-corrected chi connectivity index (χ1v) is 7.51. The van der Waals surface area contributed by atoms with Crippen molar-refractivity contribution in [1.29, 1.82) is 0 Å². The Balaban J connectivity index is 2.15. The van der Waals surface area contributed by atoms with Gasteiger partial charge in [0.15, 0.2) is 0 Å². The Hall–Kier alpha value is -1.40. The van der Waals surface area contributed by atoms with Crippen molar-refractivity contribution in [2.75, 3.05) is 24.5 Å². The molecule has 118 valence electrons. The largest absolute Gasteiger partial charge is 0.389 e. The fourth-order valence-corrected chi connectivity index (χ4v) is 3.02. The molecular formula is C15H26N4O2. The summed E-state index contributed by atoms with van der Waals surface area (Å²) < 4.78 is 1.75. The van der Waals surface area contributed by atoms with Gasteiger partial charge >= 0.3 is 0 Å². The highest BCUT2D eigenvalue weighted by atomic mass is 16.3. The zero-order chi connectivity index (χ0) is 15.8. The van der Waals surface area contributed by atoms with Crippen LogP contribution in [0, 0.1) is 6.92 Å². The first-order chi connectivity index (χ1) is 9.73. The van der Waals surface area contributed by atoms with Crippen LogP contribution in [0.4, 0.5) is 5.82 Å². The van der Waals surface area contributed by atoms with E-state index < -0.39 is 5.60 Å². The zero-order valence-corrected chi connectivity index (χ0v) is 13.6. The summed E-state index contributed by atoms with van der Waals surface area (Å²) in [6, 6.07) is 1.78. The monoisotopic (exact) mass is 294 g/mol. The van der Waals surface area contributed by atoms with E-state index in [0.717, 1.165) is 24.5 Å². The normalized spacial score (nSPS) is 19.9. The first kappa shape index (κ1) is 16.0. The van der Waals surface area contributed by atoms with Crippen LogP contribution in [0.25, 0.3) is 0 Å². The summed E-state index contributed by atoms with van der Waals surface area (Å²) in [7, 11) is 1.86. The maximum Gasteiger partial charge on any atom is 0.245 e. The number of carbonyl (C=O) groups is 1. The number of aromatic nitrogens is 2. The summed E-state index contributed by atoms with van der Waals surface area (Å²) in [5.74, 6) is 0.948. The van der Waals surface area contributed by atoms with Gasteiger partial charge in [0.2, 0.25) is 5.91 Å². The highest BCUT2D eigenvalue weighted by Gasteiger charge is 2.38. The minimum absolute atomic E-state index is 0.101. The molecular weight excluding hydrogens is 268 g/mol. The second-order valence-corrected chi connectivity index (χ2v) is 6.44. The van der Waals surface area contributed by atoms with E-state index in [2.05, 4.69) is 10.00 Å². The lowest BCUT2D eigenvalue weighted by molar-refractivity contribution is -0.122. The molecule has 1 aromatic heterocycles. The summed E-state index contributed by atoms with van der Waals surface area (Å²) in [6.07, 6.45) is 0.785. The molecule has 1 fully saturated rings. The summed E-state index contributed by atoms with van der Waals surface area (Å²) in [5, 5.41) is 14.3. The SMILES string of the molecule is CCN(CC(C)(C)O)C1CCN(c2cc(C)nn2C)C1=O. The van der Waals surface area contributed by atoms with E-state index in [-0.39, 0.29) is 11.9 Å². The van der Waals surface area contributed by atoms with Gasteiger partial charge in [-0.05, 0) is 33.7 Å². The van der Waals surface area contributed by atoms with Gasteiger partial charge in [0.1, 0.15) is 5.82 Å². The number of carbonyl (C=O) groups excluding carboxylic acids is 1. The highest BCUT2D eigenvalue weighted by Crippen LogP contribution is 2.25. The van der Waals surface area contributed by atoms with Gasteiger partial charge in [0.05, 0.1) is 17.3 Å². The molecule has 2 rings (SSSR count). The van der Waals surface area contributed by atoms with Crippen molar-refractivity contribution in [3.8, 4) is 0 Å². The Bertz CT molecular complexity index is 518. The van der Waals surface area contributed by atoms with Gasteiger partial charge in [0.25, 0.3) is 0 Å². The molecule has 1 atom stereocenters. The Labute approximate surface area is 126 Å². The quantitative estimate of drug-likeness (QED) is 0.877.